The molecule has 10 heteroatoms. The molecule has 3 rings (SSSR count). The average molecular weight is 356 g/mol. The Kier molecular flexibility index (Phi) is 4.16. The summed E-state index contributed by atoms with van der Waals surface area (Å²) in [5.74, 6) is -2.11. The first-order valence-corrected chi connectivity index (χ1v) is 7.48. The van der Waals surface area contributed by atoms with Gasteiger partial charge < -0.3 is 10.4 Å². The summed E-state index contributed by atoms with van der Waals surface area (Å²) in [6.45, 7) is 0. The third-order valence-electron chi connectivity index (χ3n) is 3.85. The van der Waals surface area contributed by atoms with Crippen LogP contribution in [0.25, 0.3) is 0 Å². The summed E-state index contributed by atoms with van der Waals surface area (Å²) in [6, 6.07) is 3.26. The van der Waals surface area contributed by atoms with Gasteiger partial charge in [0, 0.05) is 23.9 Å². The van der Waals surface area contributed by atoms with Gasteiger partial charge >= 0.3 is 17.9 Å². The van der Waals surface area contributed by atoms with E-state index in [2.05, 4.69) is 15.3 Å². The Morgan fingerprint density at radius 3 is 2.69 bits per heavy atom. The van der Waals surface area contributed by atoms with E-state index in [4.69, 9.17) is 5.11 Å². The van der Waals surface area contributed by atoms with Crippen molar-refractivity contribution in [2.75, 3.05) is 19.4 Å². The molecule has 4 amide bonds. The molecule has 2 aliphatic heterocycles. The van der Waals surface area contributed by atoms with Gasteiger partial charge in [-0.15, -0.1) is 4.99 Å². The minimum atomic E-state index is -1.23. The number of nitrogens with one attached hydrogen (secondary N) is 1. The summed E-state index contributed by atoms with van der Waals surface area (Å²) in [6.07, 6.45) is 1.61. The molecule has 1 atom stereocenters. The Morgan fingerprint density at radius 2 is 2.00 bits per heavy atom. The molecule has 1 aromatic carbocycles. The van der Waals surface area contributed by atoms with Crippen molar-refractivity contribution >= 4 is 35.3 Å². The summed E-state index contributed by atoms with van der Waals surface area (Å²) in [5, 5.41) is 11.9. The molecule has 132 valence electrons. The van der Waals surface area contributed by atoms with Crippen LogP contribution in [0.15, 0.2) is 40.3 Å². The first-order valence-electron chi connectivity index (χ1n) is 7.48. The second-order valence-electron chi connectivity index (χ2n) is 5.60. The van der Waals surface area contributed by atoms with Crippen LogP contribution in [0.1, 0.15) is 0 Å². The number of anilines is 1. The van der Waals surface area contributed by atoms with Crippen LogP contribution < -0.4 is 16.0 Å². The van der Waals surface area contributed by atoms with Gasteiger partial charge in [-0.05, 0) is 12.1 Å². The van der Waals surface area contributed by atoms with Gasteiger partial charge in [0.1, 0.15) is 5.36 Å². The standard InChI is InChI=1S/C16H13N5O5/c1-20-14-13(15(25)21(2)16(20)26)18-9-4-3-8(7-10(9)19-14)17-11(22)5-6-12(23)24/h3-7,13H,1-2H3,(H,23,24)/p+1/b6-5+. The number of carbonyl (C=O) groups is 4. The number of benzene rings is 1. The molecule has 2 N–H and O–H groups in total. The van der Waals surface area contributed by atoms with Gasteiger partial charge in [0.2, 0.25) is 11.9 Å². The number of hydrogen-bond acceptors (Lipinski definition) is 6. The monoisotopic (exact) mass is 356 g/mol. The molecule has 0 saturated heterocycles. The maximum absolute atomic E-state index is 12.3. The van der Waals surface area contributed by atoms with Crippen molar-refractivity contribution in [1.29, 1.82) is 0 Å². The maximum Gasteiger partial charge on any atom is 0.445 e. The zero-order valence-corrected chi connectivity index (χ0v) is 13.8. The van der Waals surface area contributed by atoms with Gasteiger partial charge in [-0.1, -0.05) is 0 Å². The molecule has 0 fully saturated rings. The van der Waals surface area contributed by atoms with E-state index in [1.54, 1.807) is 12.1 Å². The molecular weight excluding hydrogens is 342 g/mol. The predicted molar refractivity (Wildman–Crippen MR) is 87.3 cm³/mol. The molecule has 0 radical (unpaired) electrons. The molecule has 1 unspecified atom stereocenters. The molecule has 1 aromatic rings. The highest BCUT2D eigenvalue weighted by Crippen LogP contribution is 2.11. The number of fused-ring (bicyclic) bond motifs is 2. The van der Waals surface area contributed by atoms with Crippen LogP contribution in [0.5, 0.6) is 0 Å². The number of rotatable bonds is 3. The third-order valence-corrected chi connectivity index (χ3v) is 3.85. The zero-order chi connectivity index (χ0) is 19.0. The molecule has 0 saturated carbocycles. The number of amidine groups is 1. The fourth-order valence-electron chi connectivity index (χ4n) is 2.54. The van der Waals surface area contributed by atoms with Crippen LogP contribution >= 0.6 is 0 Å². The average Bonchev–Trinajstić information content (AvgIpc) is 2.61. The minimum Gasteiger partial charge on any atom is -0.478 e. The lowest BCUT2D eigenvalue weighted by molar-refractivity contribution is -0.406. The lowest BCUT2D eigenvalue weighted by Crippen LogP contribution is -2.56. The molecule has 0 aliphatic carbocycles. The quantitative estimate of drug-likeness (QED) is 0.504. The van der Waals surface area contributed by atoms with Crippen molar-refractivity contribution in [3.8, 4) is 0 Å². The van der Waals surface area contributed by atoms with E-state index in [0.717, 1.165) is 17.1 Å². The van der Waals surface area contributed by atoms with E-state index < -0.39 is 29.9 Å². The van der Waals surface area contributed by atoms with Crippen molar-refractivity contribution in [2.45, 2.75) is 6.04 Å². The number of carbonyl (C=O) groups excluding carboxylic acids is 3. The van der Waals surface area contributed by atoms with Gasteiger partial charge in [0.05, 0.1) is 14.1 Å². The highest BCUT2D eigenvalue weighted by molar-refractivity contribution is 6.13. The Bertz CT molecular complexity index is 1040. The number of likely N-dealkylation sites (N-methyl/N-ethyl adjacent to an activating group) is 1. The second kappa shape index (κ2) is 6.31. The van der Waals surface area contributed by atoms with Crippen LogP contribution in [-0.2, 0) is 14.4 Å². The first-order chi connectivity index (χ1) is 12.3. The van der Waals surface area contributed by atoms with Crippen molar-refractivity contribution in [2.24, 2.45) is 9.98 Å². The number of imide groups is 1. The molecule has 0 aromatic heterocycles. The number of carboxylic acids is 1. The molecule has 0 spiro atoms. The summed E-state index contributed by atoms with van der Waals surface area (Å²) in [7, 11) is 2.88. The SMILES string of the molecule is CN1C(=O)C2N=c3ccc(NC(=O)/C=C/C(=O)O)cc3=NC2=[N+](C)C1=O. The van der Waals surface area contributed by atoms with Gasteiger partial charge in [0.25, 0.3) is 5.84 Å². The van der Waals surface area contributed by atoms with E-state index in [0.29, 0.717) is 16.4 Å². The maximum atomic E-state index is 12.3. The number of hydrogen-bond donors (Lipinski definition) is 2. The van der Waals surface area contributed by atoms with Gasteiger partial charge in [-0.3, -0.25) is 14.6 Å². The summed E-state index contributed by atoms with van der Waals surface area (Å²) >= 11 is 0. The van der Waals surface area contributed by atoms with Crippen LogP contribution in [0.2, 0.25) is 0 Å². The molecule has 2 heterocycles. The Morgan fingerprint density at radius 1 is 1.27 bits per heavy atom. The zero-order valence-electron chi connectivity index (χ0n) is 13.8. The van der Waals surface area contributed by atoms with Crippen LogP contribution in [0, 0.1) is 0 Å². The predicted octanol–water partition coefficient (Wildman–Crippen LogP) is -1.48. The summed E-state index contributed by atoms with van der Waals surface area (Å²) in [4.78, 5) is 56.1. The van der Waals surface area contributed by atoms with Crippen molar-refractivity contribution in [3.05, 3.63) is 41.1 Å². The third kappa shape index (κ3) is 2.99. The molecule has 26 heavy (non-hydrogen) atoms. The molecule has 2 aliphatic rings. The molecule has 10 nitrogen and oxygen atoms in total. The highest BCUT2D eigenvalue weighted by atomic mass is 16.4. The number of urea groups is 1. The van der Waals surface area contributed by atoms with Crippen molar-refractivity contribution in [3.63, 3.8) is 0 Å². The largest absolute Gasteiger partial charge is 0.478 e. The first kappa shape index (κ1) is 17.1. The van der Waals surface area contributed by atoms with Crippen molar-refractivity contribution in [1.82, 2.24) is 4.90 Å². The topological polar surface area (TPSA) is 132 Å². The molecular formula is C16H14N5O5+. The van der Waals surface area contributed by atoms with Gasteiger partial charge in [-0.25, -0.2) is 9.59 Å². The number of nitrogens with zero attached hydrogens (tertiary/aromatic N) is 4. The number of amides is 4. The summed E-state index contributed by atoms with van der Waals surface area (Å²) in [5.41, 5.74) is 0.370. The van der Waals surface area contributed by atoms with E-state index in [9.17, 15) is 19.2 Å². The Balaban J connectivity index is 2.00. The van der Waals surface area contributed by atoms with Gasteiger partial charge in [-0.2, -0.15) is 9.48 Å². The normalized spacial score (nSPS) is 18.8. The number of carboxylic acid groups (broad SMARTS) is 1. The fourth-order valence-corrected chi connectivity index (χ4v) is 2.54. The van der Waals surface area contributed by atoms with E-state index in [1.807, 2.05) is 0 Å². The molecule has 0 bridgehead atoms. The highest BCUT2D eigenvalue weighted by Gasteiger charge is 2.45. The van der Waals surface area contributed by atoms with E-state index >= 15 is 0 Å². The Hall–Kier alpha value is -3.69. The van der Waals surface area contributed by atoms with Crippen LogP contribution in [-0.4, -0.2) is 64.4 Å². The van der Waals surface area contributed by atoms with Crippen LogP contribution in [0.4, 0.5) is 10.5 Å². The smallest absolute Gasteiger partial charge is 0.445 e. The number of aliphatic carboxylic acids is 1. The lowest BCUT2D eigenvalue weighted by Gasteiger charge is -2.22. The lowest BCUT2D eigenvalue weighted by atomic mass is 10.1. The van der Waals surface area contributed by atoms with Gasteiger partial charge in [0.15, 0.2) is 5.36 Å². The fraction of sp³-hybridized carbons (Fsp3) is 0.188. The van der Waals surface area contributed by atoms with Crippen LogP contribution in [0.3, 0.4) is 0 Å². The van der Waals surface area contributed by atoms with E-state index in [1.165, 1.54) is 24.7 Å². The minimum absolute atomic E-state index is 0.208. The van der Waals surface area contributed by atoms with E-state index in [-0.39, 0.29) is 5.84 Å². The van der Waals surface area contributed by atoms with Crippen molar-refractivity contribution < 1.29 is 28.9 Å². The Labute approximate surface area is 146 Å². The second-order valence-corrected chi connectivity index (χ2v) is 5.60. The summed E-state index contributed by atoms with van der Waals surface area (Å²) < 4.78 is 1.25.